The number of likely N-dealkylation sites (tertiary alicyclic amines) is 1. The summed E-state index contributed by atoms with van der Waals surface area (Å²) in [4.78, 5) is 2.67. The molecule has 2 rings (SSSR count). The Bertz CT molecular complexity index is 376. The second-order valence-electron chi connectivity index (χ2n) is 6.49. The van der Waals surface area contributed by atoms with E-state index in [2.05, 4.69) is 61.4 Å². The van der Waals surface area contributed by atoms with E-state index in [-0.39, 0.29) is 0 Å². The zero-order chi connectivity index (χ0) is 14.4. The second-order valence-corrected chi connectivity index (χ2v) is 6.49. The molecule has 0 bridgehead atoms. The van der Waals surface area contributed by atoms with Crippen LogP contribution in [-0.4, -0.2) is 31.6 Å². The fourth-order valence-electron chi connectivity index (χ4n) is 3.46. The van der Waals surface area contributed by atoms with Gasteiger partial charge < -0.3 is 10.2 Å². The van der Waals surface area contributed by atoms with Crippen molar-refractivity contribution >= 4 is 0 Å². The van der Waals surface area contributed by atoms with E-state index in [0.717, 1.165) is 5.92 Å². The van der Waals surface area contributed by atoms with Crippen LogP contribution in [0.4, 0.5) is 0 Å². The molecule has 0 spiro atoms. The number of nitrogens with zero attached hydrogens (tertiary/aromatic N) is 1. The Morgan fingerprint density at radius 3 is 2.65 bits per heavy atom. The molecule has 20 heavy (non-hydrogen) atoms. The van der Waals surface area contributed by atoms with E-state index in [0.29, 0.717) is 12.0 Å². The fraction of sp³-hybridized carbons (Fsp3) is 0.667. The van der Waals surface area contributed by atoms with Crippen LogP contribution in [0.5, 0.6) is 0 Å². The summed E-state index contributed by atoms with van der Waals surface area (Å²) in [6.07, 6.45) is 4.13. The van der Waals surface area contributed by atoms with Gasteiger partial charge in [0.25, 0.3) is 0 Å². The van der Waals surface area contributed by atoms with Crippen LogP contribution in [0.15, 0.2) is 30.3 Å². The third-order valence-corrected chi connectivity index (χ3v) is 4.69. The zero-order valence-electron chi connectivity index (χ0n) is 13.3. The Balaban J connectivity index is 1.93. The Morgan fingerprint density at radius 2 is 1.95 bits per heavy atom. The maximum atomic E-state index is 3.51. The van der Waals surface area contributed by atoms with Crippen LogP contribution in [0.2, 0.25) is 0 Å². The molecule has 1 fully saturated rings. The first-order valence-corrected chi connectivity index (χ1v) is 8.15. The minimum Gasteiger partial charge on any atom is -0.313 e. The average Bonchev–Trinajstić information content (AvgIpc) is 2.66. The van der Waals surface area contributed by atoms with Crippen molar-refractivity contribution in [2.45, 2.75) is 39.2 Å². The van der Waals surface area contributed by atoms with Gasteiger partial charge in [-0.3, -0.25) is 0 Å². The predicted molar refractivity (Wildman–Crippen MR) is 86.9 cm³/mol. The summed E-state index contributed by atoms with van der Waals surface area (Å²) >= 11 is 0. The first-order valence-electron chi connectivity index (χ1n) is 8.15. The van der Waals surface area contributed by atoms with E-state index >= 15 is 0 Å². The molecular weight excluding hydrogens is 244 g/mol. The molecule has 1 saturated heterocycles. The SMILES string of the molecule is CNC(c1ccccc1)C(C)CN1CCCC(C)CC1. The summed E-state index contributed by atoms with van der Waals surface area (Å²) in [5.41, 5.74) is 1.41. The summed E-state index contributed by atoms with van der Waals surface area (Å²) in [5, 5.41) is 3.51. The summed E-state index contributed by atoms with van der Waals surface area (Å²) in [7, 11) is 2.08. The molecular formula is C18H30N2. The second kappa shape index (κ2) is 7.80. The Hall–Kier alpha value is -0.860. The molecule has 0 radical (unpaired) electrons. The van der Waals surface area contributed by atoms with Gasteiger partial charge in [0.15, 0.2) is 0 Å². The number of nitrogens with one attached hydrogen (secondary N) is 1. The van der Waals surface area contributed by atoms with Crippen molar-refractivity contribution < 1.29 is 0 Å². The molecule has 1 aliphatic rings. The van der Waals surface area contributed by atoms with Crippen LogP contribution in [0.25, 0.3) is 0 Å². The minimum absolute atomic E-state index is 0.455. The lowest BCUT2D eigenvalue weighted by Gasteiger charge is -2.30. The lowest BCUT2D eigenvalue weighted by atomic mass is 9.94. The van der Waals surface area contributed by atoms with Crippen LogP contribution < -0.4 is 5.32 Å². The van der Waals surface area contributed by atoms with Gasteiger partial charge in [-0.2, -0.15) is 0 Å². The minimum atomic E-state index is 0.455. The molecule has 3 atom stereocenters. The number of rotatable bonds is 5. The lowest BCUT2D eigenvalue weighted by Crippen LogP contribution is -2.35. The summed E-state index contributed by atoms with van der Waals surface area (Å²) in [5.74, 6) is 1.54. The van der Waals surface area contributed by atoms with Crippen LogP contribution in [0.1, 0.15) is 44.7 Å². The lowest BCUT2D eigenvalue weighted by molar-refractivity contribution is 0.218. The predicted octanol–water partition coefficient (Wildman–Crippen LogP) is 3.71. The first kappa shape index (κ1) is 15.5. The van der Waals surface area contributed by atoms with Crippen molar-refractivity contribution in [2.24, 2.45) is 11.8 Å². The molecule has 0 aliphatic carbocycles. The van der Waals surface area contributed by atoms with Gasteiger partial charge in [0.1, 0.15) is 0 Å². The first-order chi connectivity index (χ1) is 9.70. The molecule has 1 aromatic carbocycles. The summed E-state index contributed by atoms with van der Waals surface area (Å²) in [6.45, 7) is 8.53. The molecule has 2 heteroatoms. The summed E-state index contributed by atoms with van der Waals surface area (Å²) in [6, 6.07) is 11.3. The standard InChI is InChI=1S/C18H30N2/c1-15-8-7-12-20(13-11-15)14-16(2)18(19-3)17-9-5-4-6-10-17/h4-6,9-10,15-16,18-19H,7-8,11-14H2,1-3H3. The highest BCUT2D eigenvalue weighted by atomic mass is 15.1. The Morgan fingerprint density at radius 1 is 1.20 bits per heavy atom. The fourth-order valence-corrected chi connectivity index (χ4v) is 3.46. The Kier molecular flexibility index (Phi) is 6.06. The van der Waals surface area contributed by atoms with Gasteiger partial charge in [-0.15, -0.1) is 0 Å². The normalized spacial score (nSPS) is 24.1. The number of hydrogen-bond acceptors (Lipinski definition) is 2. The molecule has 0 saturated carbocycles. The highest BCUT2D eigenvalue weighted by molar-refractivity contribution is 5.19. The Labute approximate surface area is 124 Å². The molecule has 112 valence electrons. The van der Waals surface area contributed by atoms with E-state index in [4.69, 9.17) is 0 Å². The van der Waals surface area contributed by atoms with Crippen LogP contribution in [-0.2, 0) is 0 Å². The van der Waals surface area contributed by atoms with Gasteiger partial charge in [0.2, 0.25) is 0 Å². The van der Waals surface area contributed by atoms with Crippen LogP contribution >= 0.6 is 0 Å². The number of benzene rings is 1. The van der Waals surface area contributed by atoms with Gasteiger partial charge >= 0.3 is 0 Å². The van der Waals surface area contributed by atoms with E-state index in [1.807, 2.05) is 0 Å². The van der Waals surface area contributed by atoms with Crippen molar-refractivity contribution in [3.05, 3.63) is 35.9 Å². The highest BCUT2D eigenvalue weighted by Gasteiger charge is 2.21. The number of hydrogen-bond donors (Lipinski definition) is 1. The van der Waals surface area contributed by atoms with Crippen LogP contribution in [0.3, 0.4) is 0 Å². The van der Waals surface area contributed by atoms with Crippen molar-refractivity contribution in [2.75, 3.05) is 26.7 Å². The molecule has 0 aromatic heterocycles. The maximum Gasteiger partial charge on any atom is 0.0355 e. The summed E-state index contributed by atoms with van der Waals surface area (Å²) < 4.78 is 0. The van der Waals surface area contributed by atoms with E-state index in [9.17, 15) is 0 Å². The topological polar surface area (TPSA) is 15.3 Å². The smallest absolute Gasteiger partial charge is 0.0355 e. The molecule has 1 aliphatic heterocycles. The monoisotopic (exact) mass is 274 g/mol. The molecule has 1 aromatic rings. The largest absolute Gasteiger partial charge is 0.313 e. The van der Waals surface area contributed by atoms with Crippen molar-refractivity contribution in [3.63, 3.8) is 0 Å². The van der Waals surface area contributed by atoms with Gasteiger partial charge in [-0.05, 0) is 56.8 Å². The maximum absolute atomic E-state index is 3.51. The third-order valence-electron chi connectivity index (χ3n) is 4.69. The van der Waals surface area contributed by atoms with Crippen molar-refractivity contribution in [3.8, 4) is 0 Å². The van der Waals surface area contributed by atoms with Crippen molar-refractivity contribution in [1.82, 2.24) is 10.2 Å². The average molecular weight is 274 g/mol. The van der Waals surface area contributed by atoms with E-state index in [1.165, 1.54) is 44.5 Å². The third kappa shape index (κ3) is 4.32. The molecule has 3 unspecified atom stereocenters. The van der Waals surface area contributed by atoms with Gasteiger partial charge in [-0.1, -0.05) is 44.2 Å². The quantitative estimate of drug-likeness (QED) is 0.880. The van der Waals surface area contributed by atoms with Crippen molar-refractivity contribution in [1.29, 1.82) is 0 Å². The molecule has 0 amide bonds. The highest BCUT2D eigenvalue weighted by Crippen LogP contribution is 2.24. The van der Waals surface area contributed by atoms with Gasteiger partial charge in [0.05, 0.1) is 0 Å². The van der Waals surface area contributed by atoms with E-state index < -0.39 is 0 Å². The van der Waals surface area contributed by atoms with Crippen LogP contribution in [0, 0.1) is 11.8 Å². The zero-order valence-corrected chi connectivity index (χ0v) is 13.3. The molecule has 2 nitrogen and oxygen atoms in total. The van der Waals surface area contributed by atoms with Gasteiger partial charge in [-0.25, -0.2) is 0 Å². The molecule has 1 N–H and O–H groups in total. The van der Waals surface area contributed by atoms with Gasteiger partial charge in [0, 0.05) is 12.6 Å². The van der Waals surface area contributed by atoms with E-state index in [1.54, 1.807) is 0 Å². The molecule has 1 heterocycles.